The molecular formula is C17H18FN3O2. The molecule has 0 saturated carbocycles. The maximum absolute atomic E-state index is 14.0. The molecule has 1 fully saturated rings. The lowest BCUT2D eigenvalue weighted by Gasteiger charge is -2.40. The van der Waals surface area contributed by atoms with Gasteiger partial charge in [-0.15, -0.1) is 0 Å². The monoisotopic (exact) mass is 315 g/mol. The Bertz CT molecular complexity index is 695. The van der Waals surface area contributed by atoms with Gasteiger partial charge in [0.15, 0.2) is 0 Å². The van der Waals surface area contributed by atoms with Gasteiger partial charge in [-0.05, 0) is 30.9 Å². The number of carboxylic acid groups (broad SMARTS) is 1. The Kier molecular flexibility index (Phi) is 4.23. The average molecular weight is 315 g/mol. The van der Waals surface area contributed by atoms with Crippen LogP contribution in [0.1, 0.15) is 18.4 Å². The lowest BCUT2D eigenvalue weighted by atomic mass is 9.75. The number of carbonyl (C=O) groups is 1. The molecule has 0 radical (unpaired) electrons. The Morgan fingerprint density at radius 1 is 1.35 bits per heavy atom. The predicted molar refractivity (Wildman–Crippen MR) is 83.7 cm³/mol. The zero-order valence-corrected chi connectivity index (χ0v) is 12.7. The van der Waals surface area contributed by atoms with Gasteiger partial charge in [-0.2, -0.15) is 0 Å². The second-order valence-electron chi connectivity index (χ2n) is 5.94. The minimum absolute atomic E-state index is 0.172. The van der Waals surface area contributed by atoms with Crippen LogP contribution in [0, 0.1) is 11.2 Å². The van der Waals surface area contributed by atoms with Crippen LogP contribution in [0.4, 0.5) is 10.2 Å². The predicted octanol–water partition coefficient (Wildman–Crippen LogP) is 2.53. The summed E-state index contributed by atoms with van der Waals surface area (Å²) < 4.78 is 14.0. The molecule has 1 aliphatic heterocycles. The minimum Gasteiger partial charge on any atom is -0.481 e. The van der Waals surface area contributed by atoms with Crippen molar-refractivity contribution in [3.8, 4) is 0 Å². The molecule has 1 aromatic heterocycles. The molecular weight excluding hydrogens is 297 g/mol. The molecule has 1 saturated heterocycles. The number of hydrogen-bond donors (Lipinski definition) is 1. The van der Waals surface area contributed by atoms with E-state index in [2.05, 4.69) is 9.97 Å². The molecule has 2 aromatic rings. The maximum atomic E-state index is 14.0. The summed E-state index contributed by atoms with van der Waals surface area (Å²) in [6.07, 6.45) is 6.21. The molecule has 2 heterocycles. The normalized spacial score (nSPS) is 21.2. The van der Waals surface area contributed by atoms with Gasteiger partial charge in [0, 0.05) is 25.5 Å². The largest absolute Gasteiger partial charge is 0.481 e. The Morgan fingerprint density at radius 3 is 2.87 bits per heavy atom. The highest BCUT2D eigenvalue weighted by Crippen LogP contribution is 2.36. The third-order valence-corrected chi connectivity index (χ3v) is 4.39. The van der Waals surface area contributed by atoms with Crippen molar-refractivity contribution < 1.29 is 14.3 Å². The van der Waals surface area contributed by atoms with Gasteiger partial charge in [0.2, 0.25) is 0 Å². The second-order valence-corrected chi connectivity index (χ2v) is 5.94. The fraction of sp³-hybridized carbons (Fsp3) is 0.353. The molecule has 5 nitrogen and oxygen atoms in total. The number of piperidine rings is 1. The molecule has 0 bridgehead atoms. The van der Waals surface area contributed by atoms with Gasteiger partial charge in [-0.1, -0.05) is 18.2 Å². The van der Waals surface area contributed by atoms with Crippen molar-refractivity contribution in [1.82, 2.24) is 9.97 Å². The Labute approximate surface area is 133 Å². The summed E-state index contributed by atoms with van der Waals surface area (Å²) in [4.78, 5) is 22.2. The van der Waals surface area contributed by atoms with Crippen LogP contribution in [0.2, 0.25) is 0 Å². The first-order valence-electron chi connectivity index (χ1n) is 7.58. The molecule has 0 amide bonds. The highest BCUT2D eigenvalue weighted by Gasteiger charge is 2.43. The van der Waals surface area contributed by atoms with Crippen LogP contribution in [-0.4, -0.2) is 34.1 Å². The maximum Gasteiger partial charge on any atom is 0.311 e. The SMILES string of the molecule is O=C(O)[C@@]1(Cc2ccccc2F)CCCN(c2cnccn2)C1. The minimum atomic E-state index is -1.02. The van der Waals surface area contributed by atoms with E-state index in [4.69, 9.17) is 0 Å². The van der Waals surface area contributed by atoms with Crippen LogP contribution in [0.25, 0.3) is 0 Å². The van der Waals surface area contributed by atoms with Crippen molar-refractivity contribution >= 4 is 11.8 Å². The van der Waals surface area contributed by atoms with Crippen LogP contribution >= 0.6 is 0 Å². The van der Waals surface area contributed by atoms with Crippen LogP contribution in [-0.2, 0) is 11.2 Å². The summed E-state index contributed by atoms with van der Waals surface area (Å²) in [6.45, 7) is 1.03. The average Bonchev–Trinajstić information content (AvgIpc) is 2.58. The van der Waals surface area contributed by atoms with Crippen molar-refractivity contribution in [3.63, 3.8) is 0 Å². The van der Waals surface area contributed by atoms with Crippen LogP contribution in [0.15, 0.2) is 42.9 Å². The number of hydrogen-bond acceptors (Lipinski definition) is 4. The number of carboxylic acids is 1. The second kappa shape index (κ2) is 6.32. The van der Waals surface area contributed by atoms with E-state index in [0.29, 0.717) is 24.3 Å². The summed E-state index contributed by atoms with van der Waals surface area (Å²) >= 11 is 0. The molecule has 23 heavy (non-hydrogen) atoms. The number of aromatic nitrogens is 2. The van der Waals surface area contributed by atoms with E-state index in [9.17, 15) is 14.3 Å². The first-order valence-corrected chi connectivity index (χ1v) is 7.58. The fourth-order valence-corrected chi connectivity index (χ4v) is 3.18. The van der Waals surface area contributed by atoms with E-state index in [1.54, 1.807) is 36.8 Å². The zero-order valence-electron chi connectivity index (χ0n) is 12.7. The summed E-state index contributed by atoms with van der Waals surface area (Å²) in [5.74, 6) is -0.592. The zero-order chi connectivity index (χ0) is 16.3. The van der Waals surface area contributed by atoms with Gasteiger partial charge < -0.3 is 10.0 Å². The number of anilines is 1. The van der Waals surface area contributed by atoms with Crippen molar-refractivity contribution in [2.45, 2.75) is 19.3 Å². The summed E-state index contributed by atoms with van der Waals surface area (Å²) in [7, 11) is 0. The van der Waals surface area contributed by atoms with E-state index < -0.39 is 11.4 Å². The third-order valence-electron chi connectivity index (χ3n) is 4.39. The van der Waals surface area contributed by atoms with Crippen LogP contribution in [0.5, 0.6) is 0 Å². The van der Waals surface area contributed by atoms with Crippen molar-refractivity contribution in [3.05, 3.63) is 54.2 Å². The first-order chi connectivity index (χ1) is 11.1. The van der Waals surface area contributed by atoms with Crippen LogP contribution in [0.3, 0.4) is 0 Å². The summed E-state index contributed by atoms with van der Waals surface area (Å²) in [5.41, 5.74) is -0.575. The Balaban J connectivity index is 1.89. The molecule has 6 heteroatoms. The van der Waals surface area contributed by atoms with Gasteiger partial charge in [0.1, 0.15) is 11.6 Å². The summed E-state index contributed by atoms with van der Waals surface area (Å²) in [6, 6.07) is 6.37. The molecule has 1 atom stereocenters. The first kappa shape index (κ1) is 15.4. The number of halogens is 1. The number of aliphatic carboxylic acids is 1. The van der Waals surface area contributed by atoms with Gasteiger partial charge in [-0.25, -0.2) is 9.37 Å². The topological polar surface area (TPSA) is 66.3 Å². The molecule has 3 rings (SSSR count). The lowest BCUT2D eigenvalue weighted by molar-refractivity contribution is -0.149. The third kappa shape index (κ3) is 3.16. The van der Waals surface area contributed by atoms with Gasteiger partial charge >= 0.3 is 5.97 Å². The summed E-state index contributed by atoms with van der Waals surface area (Å²) in [5, 5.41) is 9.82. The number of benzene rings is 1. The molecule has 1 aromatic carbocycles. The van der Waals surface area contributed by atoms with E-state index in [0.717, 1.165) is 13.0 Å². The molecule has 0 spiro atoms. The highest BCUT2D eigenvalue weighted by molar-refractivity contribution is 5.76. The standard InChI is InChI=1S/C17H18FN3O2/c18-14-5-2-1-4-13(14)10-17(16(22)23)6-3-9-21(12-17)15-11-19-7-8-20-15/h1-2,4-5,7-8,11H,3,6,9-10,12H2,(H,22,23)/t17-/m1/s1. The van der Waals surface area contributed by atoms with Crippen molar-refractivity contribution in [2.24, 2.45) is 5.41 Å². The smallest absolute Gasteiger partial charge is 0.311 e. The fourth-order valence-electron chi connectivity index (χ4n) is 3.18. The lowest BCUT2D eigenvalue weighted by Crippen LogP contribution is -2.49. The van der Waals surface area contributed by atoms with E-state index in [1.165, 1.54) is 6.07 Å². The number of rotatable bonds is 4. The van der Waals surface area contributed by atoms with E-state index in [1.807, 2.05) is 4.90 Å². The Hall–Kier alpha value is -2.50. The van der Waals surface area contributed by atoms with E-state index >= 15 is 0 Å². The molecule has 0 unspecified atom stereocenters. The molecule has 0 aliphatic carbocycles. The molecule has 1 aliphatic rings. The molecule has 1 N–H and O–H groups in total. The van der Waals surface area contributed by atoms with Gasteiger partial charge in [-0.3, -0.25) is 9.78 Å². The van der Waals surface area contributed by atoms with Gasteiger partial charge in [0.25, 0.3) is 0 Å². The molecule has 120 valence electrons. The Morgan fingerprint density at radius 2 is 2.17 bits per heavy atom. The van der Waals surface area contributed by atoms with E-state index in [-0.39, 0.29) is 12.2 Å². The highest BCUT2D eigenvalue weighted by atomic mass is 19.1. The number of nitrogens with zero attached hydrogens (tertiary/aromatic N) is 3. The van der Waals surface area contributed by atoms with Crippen molar-refractivity contribution in [1.29, 1.82) is 0 Å². The van der Waals surface area contributed by atoms with Gasteiger partial charge in [0.05, 0.1) is 11.6 Å². The van der Waals surface area contributed by atoms with Crippen molar-refractivity contribution in [2.75, 3.05) is 18.0 Å². The van der Waals surface area contributed by atoms with Crippen LogP contribution < -0.4 is 4.90 Å². The quantitative estimate of drug-likeness (QED) is 0.939.